The summed E-state index contributed by atoms with van der Waals surface area (Å²) in [5.74, 6) is 0. The van der Waals surface area contributed by atoms with E-state index in [-0.39, 0.29) is 16.2 Å². The molecule has 0 saturated carbocycles. The van der Waals surface area contributed by atoms with Crippen LogP contribution in [0.3, 0.4) is 0 Å². The first kappa shape index (κ1) is 16.1. The molecule has 4 rings (SSSR count). The molecule has 0 atom stereocenters. The van der Waals surface area contributed by atoms with E-state index in [1.807, 2.05) is 30.5 Å². The maximum absolute atomic E-state index is 12.5. The van der Waals surface area contributed by atoms with Gasteiger partial charge in [0.15, 0.2) is 0 Å². The Labute approximate surface area is 147 Å². The zero-order valence-corrected chi connectivity index (χ0v) is 14.7. The van der Waals surface area contributed by atoms with Gasteiger partial charge in [0, 0.05) is 23.6 Å². The van der Waals surface area contributed by atoms with E-state index in [4.69, 9.17) is 0 Å². The fourth-order valence-electron chi connectivity index (χ4n) is 2.85. The quantitative estimate of drug-likeness (QED) is 0.502. The van der Waals surface area contributed by atoms with Crippen LogP contribution in [0.15, 0.2) is 58.4 Å². The van der Waals surface area contributed by atoms with Gasteiger partial charge in [-0.3, -0.25) is 4.79 Å². The lowest BCUT2D eigenvalue weighted by Gasteiger charge is -2.06. The van der Waals surface area contributed by atoms with Crippen LogP contribution < -0.4 is 9.46 Å². The van der Waals surface area contributed by atoms with Crippen LogP contribution in [-0.2, 0) is 16.4 Å². The Hall–Kier alpha value is -2.42. The summed E-state index contributed by atoms with van der Waals surface area (Å²) in [6, 6.07) is 12.4. The number of sulfonamides is 1. The first-order chi connectivity index (χ1) is 12.0. The minimum atomic E-state index is -3.66. The predicted molar refractivity (Wildman–Crippen MR) is 99.6 cm³/mol. The van der Waals surface area contributed by atoms with E-state index in [2.05, 4.69) is 14.1 Å². The summed E-state index contributed by atoms with van der Waals surface area (Å²) in [6.45, 7) is 0.280. The van der Waals surface area contributed by atoms with Crippen LogP contribution >= 0.6 is 11.5 Å². The summed E-state index contributed by atoms with van der Waals surface area (Å²) in [7, 11) is -3.66. The molecule has 0 radical (unpaired) electrons. The fourth-order valence-corrected chi connectivity index (χ4v) is 4.56. The van der Waals surface area contributed by atoms with Gasteiger partial charge < -0.3 is 9.36 Å². The number of benzene rings is 2. The number of aromatic amines is 2. The number of para-hydroxylation sites is 1. The molecule has 0 fully saturated rings. The minimum absolute atomic E-state index is 0.0998. The molecule has 0 aliphatic carbocycles. The third-order valence-corrected chi connectivity index (χ3v) is 6.32. The van der Waals surface area contributed by atoms with Crippen molar-refractivity contribution in [3.8, 4) is 0 Å². The van der Waals surface area contributed by atoms with Gasteiger partial charge >= 0.3 is 0 Å². The van der Waals surface area contributed by atoms with Crippen LogP contribution in [0.25, 0.3) is 21.8 Å². The van der Waals surface area contributed by atoms with Crippen molar-refractivity contribution in [2.24, 2.45) is 0 Å². The molecule has 4 aromatic rings. The molecule has 0 spiro atoms. The zero-order chi connectivity index (χ0) is 17.4. The number of rotatable bonds is 5. The second-order valence-corrected chi connectivity index (χ2v) is 8.25. The molecule has 2 aromatic carbocycles. The highest BCUT2D eigenvalue weighted by molar-refractivity contribution is 7.89. The molecule has 2 aromatic heterocycles. The number of fused-ring (bicyclic) bond motifs is 2. The smallest absolute Gasteiger partial charge is 0.257 e. The summed E-state index contributed by atoms with van der Waals surface area (Å²) >= 11 is 0.955. The van der Waals surface area contributed by atoms with Crippen molar-refractivity contribution >= 4 is 43.4 Å². The molecular formula is C17H15N3O3S2. The number of hydrogen-bond donors (Lipinski definition) is 3. The highest BCUT2D eigenvalue weighted by Crippen LogP contribution is 2.19. The Balaban J connectivity index is 1.52. The maximum atomic E-state index is 12.5. The minimum Gasteiger partial charge on any atom is -0.361 e. The third kappa shape index (κ3) is 2.99. The predicted octanol–water partition coefficient (Wildman–Crippen LogP) is 2.59. The van der Waals surface area contributed by atoms with Crippen LogP contribution in [0.4, 0.5) is 0 Å². The molecule has 6 nitrogen and oxygen atoms in total. The number of H-pyrrole nitrogens is 2. The van der Waals surface area contributed by atoms with E-state index in [9.17, 15) is 13.2 Å². The van der Waals surface area contributed by atoms with Gasteiger partial charge in [-0.15, -0.1) is 0 Å². The molecule has 0 aliphatic rings. The number of hydrogen-bond acceptors (Lipinski definition) is 4. The van der Waals surface area contributed by atoms with Crippen LogP contribution in [-0.4, -0.2) is 24.3 Å². The molecular weight excluding hydrogens is 358 g/mol. The highest BCUT2D eigenvalue weighted by atomic mass is 32.2. The summed E-state index contributed by atoms with van der Waals surface area (Å²) in [5.41, 5.74) is 2.73. The Morgan fingerprint density at radius 1 is 1.04 bits per heavy atom. The molecule has 8 heteroatoms. The Bertz CT molecular complexity index is 1220. The zero-order valence-electron chi connectivity index (χ0n) is 13.1. The molecule has 0 amide bonds. The molecule has 0 unspecified atom stereocenters. The molecule has 25 heavy (non-hydrogen) atoms. The molecule has 3 N–H and O–H groups in total. The van der Waals surface area contributed by atoms with Crippen molar-refractivity contribution in [3.63, 3.8) is 0 Å². The van der Waals surface area contributed by atoms with Gasteiger partial charge in [-0.1, -0.05) is 18.2 Å². The van der Waals surface area contributed by atoms with Crippen molar-refractivity contribution < 1.29 is 8.42 Å². The van der Waals surface area contributed by atoms with Crippen molar-refractivity contribution in [2.75, 3.05) is 6.54 Å². The fraction of sp³-hybridized carbons (Fsp3) is 0.118. The maximum Gasteiger partial charge on any atom is 0.257 e. The van der Waals surface area contributed by atoms with Crippen LogP contribution in [0.2, 0.25) is 0 Å². The van der Waals surface area contributed by atoms with E-state index in [1.165, 1.54) is 12.1 Å². The summed E-state index contributed by atoms with van der Waals surface area (Å²) in [6.07, 6.45) is 2.47. The van der Waals surface area contributed by atoms with E-state index in [1.54, 1.807) is 6.07 Å². The molecule has 2 heterocycles. The Kier molecular flexibility index (Phi) is 3.95. The second-order valence-electron chi connectivity index (χ2n) is 5.71. The lowest BCUT2D eigenvalue weighted by molar-refractivity contribution is 0.582. The van der Waals surface area contributed by atoms with Crippen molar-refractivity contribution in [3.05, 3.63) is 63.8 Å². The van der Waals surface area contributed by atoms with Crippen LogP contribution in [0, 0.1) is 0 Å². The largest absolute Gasteiger partial charge is 0.361 e. The number of aromatic nitrogens is 2. The first-order valence-corrected chi connectivity index (χ1v) is 10.0. The average Bonchev–Trinajstić information content (AvgIpc) is 3.19. The van der Waals surface area contributed by atoms with Gasteiger partial charge in [0.2, 0.25) is 10.0 Å². The second kappa shape index (κ2) is 6.14. The van der Waals surface area contributed by atoms with Gasteiger partial charge in [0.05, 0.1) is 15.8 Å². The topological polar surface area (TPSA) is 94.8 Å². The summed E-state index contributed by atoms with van der Waals surface area (Å²) in [4.78, 5) is 15.0. The van der Waals surface area contributed by atoms with E-state index in [0.29, 0.717) is 17.3 Å². The lowest BCUT2D eigenvalue weighted by Crippen LogP contribution is -2.26. The van der Waals surface area contributed by atoms with Gasteiger partial charge in [0.25, 0.3) is 4.74 Å². The van der Waals surface area contributed by atoms with Crippen LogP contribution in [0.1, 0.15) is 5.56 Å². The number of nitrogens with one attached hydrogen (secondary N) is 3. The van der Waals surface area contributed by atoms with Gasteiger partial charge in [-0.2, -0.15) is 0 Å². The average molecular weight is 373 g/mol. The normalized spacial score (nSPS) is 12.2. The Morgan fingerprint density at radius 2 is 1.88 bits per heavy atom. The monoisotopic (exact) mass is 373 g/mol. The first-order valence-electron chi connectivity index (χ1n) is 7.70. The standard InChI is InChI=1S/C17H15N3O3S2/c21-17-14-9-12(5-6-16(14)20-24-17)25(22,23)19-8-7-11-10-18-15-4-2-1-3-13(11)15/h1-6,9-10,18-20H,7-8H2. The van der Waals surface area contributed by atoms with Gasteiger partial charge in [0.1, 0.15) is 0 Å². The van der Waals surface area contributed by atoms with Crippen LogP contribution in [0.5, 0.6) is 0 Å². The molecule has 0 saturated heterocycles. The SMILES string of the molecule is O=c1s[nH]c2ccc(S(=O)(=O)NCCc3c[nH]c4ccccc34)cc12. The summed E-state index contributed by atoms with van der Waals surface area (Å²) < 4.78 is 30.2. The lowest BCUT2D eigenvalue weighted by atomic mass is 10.1. The Morgan fingerprint density at radius 3 is 2.76 bits per heavy atom. The molecule has 128 valence electrons. The molecule has 0 bridgehead atoms. The third-order valence-electron chi connectivity index (χ3n) is 4.14. The van der Waals surface area contributed by atoms with Crippen molar-refractivity contribution in [2.45, 2.75) is 11.3 Å². The highest BCUT2D eigenvalue weighted by Gasteiger charge is 2.15. The van der Waals surface area contributed by atoms with Gasteiger partial charge in [-0.25, -0.2) is 13.1 Å². The van der Waals surface area contributed by atoms with E-state index in [0.717, 1.165) is 28.0 Å². The van der Waals surface area contributed by atoms with Crippen molar-refractivity contribution in [1.82, 2.24) is 14.1 Å². The van der Waals surface area contributed by atoms with Gasteiger partial charge in [-0.05, 0) is 47.8 Å². The molecule has 0 aliphatic heterocycles. The van der Waals surface area contributed by atoms with Crippen molar-refractivity contribution in [1.29, 1.82) is 0 Å². The van der Waals surface area contributed by atoms with E-state index < -0.39 is 10.0 Å². The summed E-state index contributed by atoms with van der Waals surface area (Å²) in [5, 5.41) is 1.48. The van der Waals surface area contributed by atoms with E-state index >= 15 is 0 Å².